The van der Waals surface area contributed by atoms with Gasteiger partial charge in [0.15, 0.2) is 5.82 Å². The van der Waals surface area contributed by atoms with Crippen LogP contribution in [-0.2, 0) is 19.4 Å². The van der Waals surface area contributed by atoms with Gasteiger partial charge in [-0.2, -0.15) is 4.98 Å². The van der Waals surface area contributed by atoms with E-state index in [4.69, 9.17) is 4.52 Å². The number of thiophene rings is 1. The predicted octanol–water partition coefficient (Wildman–Crippen LogP) is 2.28. The third kappa shape index (κ3) is 2.79. The van der Waals surface area contributed by atoms with Crippen molar-refractivity contribution in [1.82, 2.24) is 25.4 Å². The van der Waals surface area contributed by atoms with Gasteiger partial charge in [0.1, 0.15) is 17.0 Å². The number of nitrogens with zero attached hydrogens (tertiary/aromatic N) is 5. The van der Waals surface area contributed by atoms with Crippen LogP contribution in [0.4, 0.5) is 5.82 Å². The van der Waals surface area contributed by atoms with Crippen molar-refractivity contribution < 1.29 is 4.52 Å². The Morgan fingerprint density at radius 1 is 1.36 bits per heavy atom. The Hall–Kier alpha value is -2.06. The van der Waals surface area contributed by atoms with Crippen LogP contribution < -0.4 is 10.2 Å². The van der Waals surface area contributed by atoms with E-state index in [9.17, 15) is 0 Å². The second kappa shape index (κ2) is 6.03. The maximum absolute atomic E-state index is 5.35. The first-order valence-electron chi connectivity index (χ1n) is 8.79. The smallest absolute Gasteiger partial charge is 0.229 e. The van der Waals surface area contributed by atoms with Crippen molar-refractivity contribution in [2.75, 3.05) is 25.0 Å². The van der Waals surface area contributed by atoms with Gasteiger partial charge in [0.25, 0.3) is 0 Å². The van der Waals surface area contributed by atoms with Crippen molar-refractivity contribution in [1.29, 1.82) is 0 Å². The zero-order valence-corrected chi connectivity index (χ0v) is 15.0. The molecule has 5 rings (SSSR count). The summed E-state index contributed by atoms with van der Waals surface area (Å²) in [5.41, 5.74) is 1.41. The van der Waals surface area contributed by atoms with Crippen LogP contribution in [0.25, 0.3) is 10.2 Å². The van der Waals surface area contributed by atoms with Crippen LogP contribution in [0.2, 0.25) is 0 Å². The van der Waals surface area contributed by atoms with Gasteiger partial charge in [-0.25, -0.2) is 9.97 Å². The number of rotatable bonds is 5. The van der Waals surface area contributed by atoms with Crippen LogP contribution in [0.5, 0.6) is 0 Å². The topological polar surface area (TPSA) is 80.0 Å². The molecular weight excluding hydrogens is 336 g/mol. The molecule has 0 aromatic carbocycles. The van der Waals surface area contributed by atoms with E-state index in [2.05, 4.69) is 37.4 Å². The summed E-state index contributed by atoms with van der Waals surface area (Å²) in [7, 11) is 2.08. The Morgan fingerprint density at radius 2 is 2.28 bits per heavy atom. The molecular formula is C17H20N6OS. The Morgan fingerprint density at radius 3 is 3.16 bits per heavy atom. The van der Waals surface area contributed by atoms with Crippen LogP contribution >= 0.6 is 11.3 Å². The van der Waals surface area contributed by atoms with Gasteiger partial charge < -0.3 is 14.7 Å². The first kappa shape index (κ1) is 15.2. The van der Waals surface area contributed by atoms with Crippen LogP contribution in [0.15, 0.2) is 10.9 Å². The van der Waals surface area contributed by atoms with Crippen LogP contribution in [0.1, 0.15) is 40.9 Å². The molecule has 1 aliphatic heterocycles. The largest absolute Gasteiger partial charge is 0.359 e. The highest BCUT2D eigenvalue weighted by Gasteiger charge is 2.29. The molecule has 2 aliphatic rings. The summed E-state index contributed by atoms with van der Waals surface area (Å²) in [5.74, 6) is 3.11. The standard InChI is InChI=1S/C17H20N6OS/c1-23(7-5-13-21-16(24-22-13)10-2-3-10)15-14-11-4-6-18-8-12(11)25-17(14)20-9-19-15/h9-10,18H,2-8H2,1H3. The zero-order valence-electron chi connectivity index (χ0n) is 14.2. The number of aromatic nitrogens is 4. The molecule has 0 spiro atoms. The molecule has 1 N–H and O–H groups in total. The lowest BCUT2D eigenvalue weighted by molar-refractivity contribution is 0.374. The van der Waals surface area contributed by atoms with E-state index in [1.54, 1.807) is 17.7 Å². The van der Waals surface area contributed by atoms with Crippen LogP contribution in [-0.4, -0.2) is 40.2 Å². The summed E-state index contributed by atoms with van der Waals surface area (Å²) in [6.45, 7) is 2.76. The molecule has 0 saturated heterocycles. The highest BCUT2D eigenvalue weighted by atomic mass is 32.1. The fraction of sp³-hybridized carbons (Fsp3) is 0.529. The Bertz CT molecular complexity index is 915. The second-order valence-corrected chi connectivity index (χ2v) is 7.89. The van der Waals surface area contributed by atoms with Crippen LogP contribution in [0, 0.1) is 0 Å². The maximum Gasteiger partial charge on any atom is 0.229 e. The van der Waals surface area contributed by atoms with E-state index in [0.29, 0.717) is 5.92 Å². The number of anilines is 1. The molecule has 130 valence electrons. The Kier molecular flexibility index (Phi) is 3.67. The fourth-order valence-corrected chi connectivity index (χ4v) is 4.52. The minimum Gasteiger partial charge on any atom is -0.359 e. The summed E-state index contributed by atoms with van der Waals surface area (Å²) in [5, 5.41) is 8.77. The molecule has 8 heteroatoms. The number of hydrogen-bond acceptors (Lipinski definition) is 8. The van der Waals surface area contributed by atoms with Gasteiger partial charge in [-0.15, -0.1) is 11.3 Å². The minimum absolute atomic E-state index is 0.506. The van der Waals surface area contributed by atoms with Crippen molar-refractivity contribution in [2.45, 2.75) is 38.1 Å². The quantitative estimate of drug-likeness (QED) is 0.751. The van der Waals surface area contributed by atoms with Gasteiger partial charge in [-0.05, 0) is 31.4 Å². The molecule has 4 heterocycles. The molecule has 0 radical (unpaired) electrons. The summed E-state index contributed by atoms with van der Waals surface area (Å²) in [6.07, 6.45) is 5.82. The van der Waals surface area contributed by atoms with Gasteiger partial charge in [0.05, 0.1) is 5.39 Å². The molecule has 1 aliphatic carbocycles. The van der Waals surface area contributed by atoms with Gasteiger partial charge in [0, 0.05) is 37.4 Å². The van der Waals surface area contributed by atoms with Crippen molar-refractivity contribution >= 4 is 27.4 Å². The molecule has 0 amide bonds. The van der Waals surface area contributed by atoms with E-state index < -0.39 is 0 Å². The van der Waals surface area contributed by atoms with Crippen molar-refractivity contribution in [3.8, 4) is 0 Å². The molecule has 0 atom stereocenters. The lowest BCUT2D eigenvalue weighted by atomic mass is 10.1. The summed E-state index contributed by atoms with van der Waals surface area (Å²) in [6, 6.07) is 0. The lowest BCUT2D eigenvalue weighted by Gasteiger charge is -2.19. The maximum atomic E-state index is 5.35. The molecule has 1 fully saturated rings. The lowest BCUT2D eigenvalue weighted by Crippen LogP contribution is -2.24. The number of nitrogens with one attached hydrogen (secondary N) is 1. The first-order chi connectivity index (χ1) is 12.3. The summed E-state index contributed by atoms with van der Waals surface area (Å²) < 4.78 is 5.35. The van der Waals surface area contributed by atoms with Gasteiger partial charge >= 0.3 is 0 Å². The molecule has 1 saturated carbocycles. The van der Waals surface area contributed by atoms with E-state index in [0.717, 1.165) is 54.8 Å². The minimum atomic E-state index is 0.506. The van der Waals surface area contributed by atoms with Gasteiger partial charge in [-0.1, -0.05) is 5.16 Å². The third-order valence-corrected chi connectivity index (χ3v) is 6.07. The molecule has 25 heavy (non-hydrogen) atoms. The van der Waals surface area contributed by atoms with E-state index >= 15 is 0 Å². The number of likely N-dealkylation sites (N-methyl/N-ethyl adjacent to an activating group) is 1. The molecule has 0 unspecified atom stereocenters. The average Bonchev–Trinajstić information content (AvgIpc) is 3.26. The van der Waals surface area contributed by atoms with E-state index in [1.165, 1.54) is 28.7 Å². The zero-order chi connectivity index (χ0) is 16.8. The van der Waals surface area contributed by atoms with Crippen molar-refractivity contribution in [3.63, 3.8) is 0 Å². The Balaban J connectivity index is 1.38. The summed E-state index contributed by atoms with van der Waals surface area (Å²) in [4.78, 5) is 18.3. The normalized spacial score (nSPS) is 17.0. The SMILES string of the molecule is CN(CCc1noc(C2CC2)n1)c1ncnc2sc3c(c12)CCNC3. The summed E-state index contributed by atoms with van der Waals surface area (Å²) >= 11 is 1.78. The first-order valence-corrected chi connectivity index (χ1v) is 9.61. The van der Waals surface area contributed by atoms with Gasteiger partial charge in [-0.3, -0.25) is 0 Å². The second-order valence-electron chi connectivity index (χ2n) is 6.80. The van der Waals surface area contributed by atoms with E-state index in [-0.39, 0.29) is 0 Å². The highest BCUT2D eigenvalue weighted by molar-refractivity contribution is 7.19. The molecule has 7 nitrogen and oxygen atoms in total. The third-order valence-electron chi connectivity index (χ3n) is 4.93. The van der Waals surface area contributed by atoms with Gasteiger partial charge in [0.2, 0.25) is 5.89 Å². The fourth-order valence-electron chi connectivity index (χ4n) is 3.37. The molecule has 0 bridgehead atoms. The van der Waals surface area contributed by atoms with Crippen LogP contribution in [0.3, 0.4) is 0 Å². The molecule has 3 aromatic heterocycles. The average molecular weight is 356 g/mol. The Labute approximate surface area is 149 Å². The monoisotopic (exact) mass is 356 g/mol. The predicted molar refractivity (Wildman–Crippen MR) is 96.1 cm³/mol. The van der Waals surface area contributed by atoms with E-state index in [1.807, 2.05) is 0 Å². The highest BCUT2D eigenvalue weighted by Crippen LogP contribution is 2.39. The van der Waals surface area contributed by atoms with Crippen molar-refractivity contribution in [2.24, 2.45) is 0 Å². The molecule has 3 aromatic rings. The van der Waals surface area contributed by atoms with Crippen molar-refractivity contribution in [3.05, 3.63) is 28.5 Å². The number of hydrogen-bond donors (Lipinski definition) is 1. The number of fused-ring (bicyclic) bond motifs is 3.